The first-order chi connectivity index (χ1) is 9.20. The van der Waals surface area contributed by atoms with Gasteiger partial charge in [0, 0.05) is 18.9 Å². The Kier molecular flexibility index (Phi) is 4.48. The highest BCUT2D eigenvalue weighted by Gasteiger charge is 2.18. The molecular weight excluding hydrogens is 240 g/mol. The van der Waals surface area contributed by atoms with Crippen LogP contribution < -0.4 is 5.32 Å². The molecular formula is C14H18N4O. The van der Waals surface area contributed by atoms with Crippen LogP contribution in [-0.2, 0) is 0 Å². The van der Waals surface area contributed by atoms with Crippen molar-refractivity contribution >= 4 is 5.91 Å². The molecule has 0 spiro atoms. The average molecular weight is 258 g/mol. The zero-order valence-corrected chi connectivity index (χ0v) is 11.1. The molecule has 2 rings (SSSR count). The molecule has 1 aliphatic rings. The Morgan fingerprint density at radius 2 is 2.32 bits per heavy atom. The van der Waals surface area contributed by atoms with Crippen molar-refractivity contribution in [2.45, 2.75) is 12.8 Å². The number of pyridine rings is 1. The van der Waals surface area contributed by atoms with E-state index in [1.165, 1.54) is 12.4 Å². The highest BCUT2D eigenvalue weighted by Crippen LogP contribution is 2.15. The summed E-state index contributed by atoms with van der Waals surface area (Å²) in [6, 6.07) is 3.57. The molecule has 1 N–H and O–H groups in total. The Morgan fingerprint density at radius 1 is 1.58 bits per heavy atom. The monoisotopic (exact) mass is 258 g/mol. The van der Waals surface area contributed by atoms with Crippen LogP contribution in [0.15, 0.2) is 18.5 Å². The van der Waals surface area contributed by atoms with Gasteiger partial charge in [0.15, 0.2) is 0 Å². The Morgan fingerprint density at radius 3 is 3.00 bits per heavy atom. The molecule has 5 heteroatoms. The first-order valence-electron chi connectivity index (χ1n) is 6.51. The molecule has 0 saturated carbocycles. The van der Waals surface area contributed by atoms with E-state index in [1.807, 2.05) is 6.07 Å². The fourth-order valence-corrected chi connectivity index (χ4v) is 2.27. The minimum absolute atomic E-state index is 0.205. The number of nitriles is 1. The van der Waals surface area contributed by atoms with Crippen molar-refractivity contribution in [3.05, 3.63) is 29.6 Å². The average Bonchev–Trinajstić information content (AvgIpc) is 2.46. The highest BCUT2D eigenvalue weighted by molar-refractivity contribution is 5.96. The number of hydrogen-bond donors (Lipinski definition) is 1. The summed E-state index contributed by atoms with van der Waals surface area (Å²) in [5, 5.41) is 11.9. The zero-order chi connectivity index (χ0) is 13.7. The van der Waals surface area contributed by atoms with E-state index in [1.54, 1.807) is 6.07 Å². The molecule has 0 aromatic carbocycles. The molecule has 0 bridgehead atoms. The van der Waals surface area contributed by atoms with Crippen LogP contribution >= 0.6 is 0 Å². The molecule has 0 aliphatic carbocycles. The Hall–Kier alpha value is -1.93. The van der Waals surface area contributed by atoms with Gasteiger partial charge in [-0.3, -0.25) is 9.78 Å². The highest BCUT2D eigenvalue weighted by atomic mass is 16.1. The minimum atomic E-state index is -0.205. The summed E-state index contributed by atoms with van der Waals surface area (Å²) in [4.78, 5) is 18.2. The number of nitrogens with one attached hydrogen (secondary N) is 1. The van der Waals surface area contributed by atoms with Gasteiger partial charge in [0.25, 0.3) is 5.91 Å². The molecule has 0 atom stereocenters. The van der Waals surface area contributed by atoms with Crippen molar-refractivity contribution in [2.24, 2.45) is 5.92 Å². The maximum absolute atomic E-state index is 12.0. The summed E-state index contributed by atoms with van der Waals surface area (Å²) in [5.41, 5.74) is 0.730. The molecule has 100 valence electrons. The number of likely N-dealkylation sites (tertiary alicyclic amines) is 1. The van der Waals surface area contributed by atoms with Gasteiger partial charge in [-0.25, -0.2) is 0 Å². The standard InChI is InChI=1S/C14H18N4O/c1-18-6-3-11(4-7-18)9-17-14(19)13-10-16-5-2-12(13)8-15/h2,5,10-11H,3-4,6-7,9H2,1H3,(H,17,19). The summed E-state index contributed by atoms with van der Waals surface area (Å²) in [6.07, 6.45) is 5.18. The molecule has 1 aromatic heterocycles. The van der Waals surface area contributed by atoms with Gasteiger partial charge in [-0.05, 0) is 45.0 Å². The number of nitrogens with zero attached hydrogens (tertiary/aromatic N) is 3. The number of piperidine rings is 1. The van der Waals surface area contributed by atoms with E-state index >= 15 is 0 Å². The van der Waals surface area contributed by atoms with Gasteiger partial charge < -0.3 is 10.2 Å². The van der Waals surface area contributed by atoms with Crippen molar-refractivity contribution in [1.82, 2.24) is 15.2 Å². The smallest absolute Gasteiger partial charge is 0.254 e. The summed E-state index contributed by atoms with van der Waals surface area (Å²) in [6.45, 7) is 2.83. The summed E-state index contributed by atoms with van der Waals surface area (Å²) >= 11 is 0. The van der Waals surface area contributed by atoms with Crippen LogP contribution in [0.5, 0.6) is 0 Å². The third-order valence-electron chi connectivity index (χ3n) is 3.58. The third-order valence-corrected chi connectivity index (χ3v) is 3.58. The van der Waals surface area contributed by atoms with Crippen molar-refractivity contribution in [3.63, 3.8) is 0 Å². The van der Waals surface area contributed by atoms with Gasteiger partial charge in [0.05, 0.1) is 11.1 Å². The largest absolute Gasteiger partial charge is 0.352 e. The lowest BCUT2D eigenvalue weighted by Gasteiger charge is -2.28. The van der Waals surface area contributed by atoms with Crippen LogP contribution in [0.4, 0.5) is 0 Å². The number of aromatic nitrogens is 1. The second-order valence-electron chi connectivity index (χ2n) is 4.99. The second-order valence-corrected chi connectivity index (χ2v) is 4.99. The van der Waals surface area contributed by atoms with Crippen molar-refractivity contribution in [2.75, 3.05) is 26.7 Å². The second kappa shape index (κ2) is 6.30. The van der Waals surface area contributed by atoms with Gasteiger partial charge in [-0.1, -0.05) is 0 Å². The summed E-state index contributed by atoms with van der Waals surface area (Å²) < 4.78 is 0. The zero-order valence-electron chi connectivity index (χ0n) is 11.1. The molecule has 1 amide bonds. The van der Waals surface area contributed by atoms with E-state index in [-0.39, 0.29) is 5.91 Å². The third kappa shape index (κ3) is 3.52. The minimum Gasteiger partial charge on any atom is -0.352 e. The maximum Gasteiger partial charge on any atom is 0.254 e. The van der Waals surface area contributed by atoms with Crippen LogP contribution in [0.1, 0.15) is 28.8 Å². The van der Waals surface area contributed by atoms with Gasteiger partial charge in [0.1, 0.15) is 6.07 Å². The van der Waals surface area contributed by atoms with E-state index in [0.717, 1.165) is 25.9 Å². The predicted molar refractivity (Wildman–Crippen MR) is 71.5 cm³/mol. The lowest BCUT2D eigenvalue weighted by molar-refractivity contribution is 0.0938. The predicted octanol–water partition coefficient (Wildman–Crippen LogP) is 1.02. The Labute approximate surface area is 113 Å². The van der Waals surface area contributed by atoms with Gasteiger partial charge in [-0.2, -0.15) is 5.26 Å². The number of carbonyl (C=O) groups is 1. The van der Waals surface area contributed by atoms with Gasteiger partial charge in [-0.15, -0.1) is 0 Å². The summed E-state index contributed by atoms with van der Waals surface area (Å²) in [7, 11) is 2.11. The molecule has 19 heavy (non-hydrogen) atoms. The lowest BCUT2D eigenvalue weighted by atomic mass is 9.97. The van der Waals surface area contributed by atoms with E-state index < -0.39 is 0 Å². The van der Waals surface area contributed by atoms with Crippen LogP contribution in [0, 0.1) is 17.2 Å². The number of hydrogen-bond acceptors (Lipinski definition) is 4. The molecule has 0 radical (unpaired) electrons. The Balaban J connectivity index is 1.89. The maximum atomic E-state index is 12.0. The lowest BCUT2D eigenvalue weighted by Crippen LogP contribution is -2.37. The molecule has 1 fully saturated rings. The number of amides is 1. The quantitative estimate of drug-likeness (QED) is 0.879. The van der Waals surface area contributed by atoms with E-state index in [9.17, 15) is 4.79 Å². The fourth-order valence-electron chi connectivity index (χ4n) is 2.27. The molecule has 0 unspecified atom stereocenters. The topological polar surface area (TPSA) is 69.0 Å². The van der Waals surface area contributed by atoms with E-state index in [2.05, 4.69) is 22.2 Å². The van der Waals surface area contributed by atoms with Crippen molar-refractivity contribution in [3.8, 4) is 6.07 Å². The van der Waals surface area contributed by atoms with E-state index in [0.29, 0.717) is 23.6 Å². The van der Waals surface area contributed by atoms with Gasteiger partial charge in [0.2, 0.25) is 0 Å². The molecule has 1 aromatic rings. The van der Waals surface area contributed by atoms with Gasteiger partial charge >= 0.3 is 0 Å². The van der Waals surface area contributed by atoms with Crippen molar-refractivity contribution in [1.29, 1.82) is 5.26 Å². The van der Waals surface area contributed by atoms with Crippen molar-refractivity contribution < 1.29 is 4.79 Å². The van der Waals surface area contributed by atoms with Crippen LogP contribution in [0.3, 0.4) is 0 Å². The SMILES string of the molecule is CN1CCC(CNC(=O)c2cnccc2C#N)CC1. The number of rotatable bonds is 3. The van der Waals surface area contributed by atoms with E-state index in [4.69, 9.17) is 5.26 Å². The first kappa shape index (κ1) is 13.5. The van der Waals surface area contributed by atoms with Crippen LogP contribution in [-0.4, -0.2) is 42.5 Å². The van der Waals surface area contributed by atoms with Crippen LogP contribution in [0.25, 0.3) is 0 Å². The molecule has 1 saturated heterocycles. The number of carbonyl (C=O) groups excluding carboxylic acids is 1. The Bertz CT molecular complexity index is 486. The normalized spacial score (nSPS) is 16.8. The fraction of sp³-hybridized carbons (Fsp3) is 0.500. The molecule has 2 heterocycles. The first-order valence-corrected chi connectivity index (χ1v) is 6.51. The molecule has 5 nitrogen and oxygen atoms in total. The molecule has 1 aliphatic heterocycles. The van der Waals surface area contributed by atoms with Crippen LogP contribution in [0.2, 0.25) is 0 Å². The summed E-state index contributed by atoms with van der Waals surface area (Å²) in [5.74, 6) is 0.325.